The van der Waals surface area contributed by atoms with Crippen LogP contribution in [-0.4, -0.2) is 19.0 Å². The second kappa shape index (κ2) is 4.82. The number of aryl methyl sites for hydroxylation is 1. The van der Waals surface area contributed by atoms with Gasteiger partial charge < -0.3 is 10.6 Å². The van der Waals surface area contributed by atoms with Crippen LogP contribution in [0, 0.1) is 6.92 Å². The molecule has 0 heterocycles. The molecule has 1 rings (SSSR count). The Kier molecular flexibility index (Phi) is 3.72. The lowest BCUT2D eigenvalue weighted by Crippen LogP contribution is -2.23. The zero-order valence-corrected chi connectivity index (χ0v) is 9.58. The Labute approximate surface area is 90.9 Å². The Hall–Kier alpha value is -1.51. The highest BCUT2D eigenvalue weighted by Crippen LogP contribution is 2.20. The van der Waals surface area contributed by atoms with Gasteiger partial charge in [0, 0.05) is 24.3 Å². The monoisotopic (exact) mass is 206 g/mol. The molecule has 0 atom stereocenters. The minimum atomic E-state index is -0.371. The summed E-state index contributed by atoms with van der Waals surface area (Å²) in [7, 11) is 0. The van der Waals surface area contributed by atoms with E-state index in [1.165, 1.54) is 5.69 Å². The molecule has 1 aromatic carbocycles. The van der Waals surface area contributed by atoms with Crippen molar-refractivity contribution in [3.8, 4) is 0 Å². The first-order valence-electron chi connectivity index (χ1n) is 5.25. The van der Waals surface area contributed by atoms with Crippen molar-refractivity contribution in [2.24, 2.45) is 5.73 Å². The van der Waals surface area contributed by atoms with Crippen molar-refractivity contribution < 1.29 is 4.79 Å². The number of hydrogen-bond donors (Lipinski definition) is 1. The fourth-order valence-corrected chi connectivity index (χ4v) is 1.73. The fraction of sp³-hybridized carbons (Fsp3) is 0.417. The topological polar surface area (TPSA) is 46.3 Å². The van der Waals surface area contributed by atoms with Crippen molar-refractivity contribution in [1.29, 1.82) is 0 Å². The summed E-state index contributed by atoms with van der Waals surface area (Å²) in [6.45, 7) is 8.16. The van der Waals surface area contributed by atoms with Gasteiger partial charge in [-0.25, -0.2) is 0 Å². The van der Waals surface area contributed by atoms with E-state index in [0.29, 0.717) is 5.56 Å². The minimum Gasteiger partial charge on any atom is -0.372 e. The molecule has 3 nitrogen and oxygen atoms in total. The molecule has 0 spiro atoms. The van der Waals surface area contributed by atoms with Crippen LogP contribution in [0.15, 0.2) is 18.2 Å². The molecule has 82 valence electrons. The number of primary amides is 1. The second-order valence-corrected chi connectivity index (χ2v) is 3.54. The van der Waals surface area contributed by atoms with Crippen LogP contribution in [0.5, 0.6) is 0 Å². The molecule has 0 bridgehead atoms. The van der Waals surface area contributed by atoms with Gasteiger partial charge in [-0.3, -0.25) is 4.79 Å². The predicted octanol–water partition coefficient (Wildman–Crippen LogP) is 1.94. The Morgan fingerprint density at radius 2 is 1.93 bits per heavy atom. The van der Waals surface area contributed by atoms with Crippen LogP contribution < -0.4 is 10.6 Å². The lowest BCUT2D eigenvalue weighted by molar-refractivity contribution is 0.1000. The van der Waals surface area contributed by atoms with Gasteiger partial charge in [0.1, 0.15) is 0 Å². The number of rotatable bonds is 4. The van der Waals surface area contributed by atoms with Crippen LogP contribution in [-0.2, 0) is 0 Å². The van der Waals surface area contributed by atoms with Gasteiger partial charge in [0.2, 0.25) is 5.91 Å². The highest BCUT2D eigenvalue weighted by Gasteiger charge is 2.07. The maximum Gasteiger partial charge on any atom is 0.248 e. The van der Waals surface area contributed by atoms with E-state index in [1.807, 2.05) is 19.1 Å². The molecule has 0 unspecified atom stereocenters. The van der Waals surface area contributed by atoms with Crippen LogP contribution >= 0.6 is 0 Å². The molecule has 0 saturated heterocycles. The molecule has 0 saturated carbocycles. The van der Waals surface area contributed by atoms with E-state index in [-0.39, 0.29) is 5.91 Å². The van der Waals surface area contributed by atoms with Gasteiger partial charge in [-0.1, -0.05) is 0 Å². The van der Waals surface area contributed by atoms with Crippen LogP contribution in [0.25, 0.3) is 0 Å². The number of anilines is 1. The van der Waals surface area contributed by atoms with Gasteiger partial charge in [0.15, 0.2) is 0 Å². The van der Waals surface area contributed by atoms with Gasteiger partial charge >= 0.3 is 0 Å². The Morgan fingerprint density at radius 1 is 1.33 bits per heavy atom. The van der Waals surface area contributed by atoms with Crippen LogP contribution in [0.1, 0.15) is 29.8 Å². The van der Waals surface area contributed by atoms with Gasteiger partial charge in [0.05, 0.1) is 0 Å². The number of benzene rings is 1. The molecule has 0 aromatic heterocycles. The summed E-state index contributed by atoms with van der Waals surface area (Å²) in [5.41, 5.74) is 8.06. The summed E-state index contributed by atoms with van der Waals surface area (Å²) >= 11 is 0. The summed E-state index contributed by atoms with van der Waals surface area (Å²) in [5.74, 6) is -0.371. The zero-order valence-electron chi connectivity index (χ0n) is 9.58. The molecule has 1 aromatic rings. The third-order valence-electron chi connectivity index (χ3n) is 2.59. The van der Waals surface area contributed by atoms with E-state index < -0.39 is 0 Å². The van der Waals surface area contributed by atoms with Crippen LogP contribution in [0.2, 0.25) is 0 Å². The van der Waals surface area contributed by atoms with Gasteiger partial charge in [0.25, 0.3) is 0 Å². The maximum absolute atomic E-state index is 11.0. The average molecular weight is 206 g/mol. The standard InChI is InChI=1S/C12H18N2O/c1-4-14(5-2)11-7-6-10(12(13)15)8-9(11)3/h6-8H,4-5H2,1-3H3,(H2,13,15). The molecule has 15 heavy (non-hydrogen) atoms. The summed E-state index contributed by atoms with van der Waals surface area (Å²) in [4.78, 5) is 13.2. The second-order valence-electron chi connectivity index (χ2n) is 3.54. The van der Waals surface area contributed by atoms with E-state index in [4.69, 9.17) is 5.73 Å². The van der Waals surface area contributed by atoms with Crippen LogP contribution in [0.3, 0.4) is 0 Å². The molecule has 2 N–H and O–H groups in total. The van der Waals surface area contributed by atoms with E-state index in [0.717, 1.165) is 18.7 Å². The van der Waals surface area contributed by atoms with E-state index in [2.05, 4.69) is 18.7 Å². The molecule has 0 aliphatic heterocycles. The number of carbonyl (C=O) groups excluding carboxylic acids is 1. The highest BCUT2D eigenvalue weighted by molar-refractivity contribution is 5.93. The normalized spacial score (nSPS) is 10.1. The minimum absolute atomic E-state index is 0.371. The largest absolute Gasteiger partial charge is 0.372 e. The van der Waals surface area contributed by atoms with Crippen molar-refractivity contribution in [2.45, 2.75) is 20.8 Å². The van der Waals surface area contributed by atoms with Crippen molar-refractivity contribution in [1.82, 2.24) is 0 Å². The van der Waals surface area contributed by atoms with Crippen molar-refractivity contribution in [3.63, 3.8) is 0 Å². The average Bonchev–Trinajstić information content (AvgIpc) is 2.21. The van der Waals surface area contributed by atoms with E-state index in [9.17, 15) is 4.79 Å². The predicted molar refractivity (Wildman–Crippen MR) is 63.3 cm³/mol. The van der Waals surface area contributed by atoms with E-state index in [1.54, 1.807) is 6.07 Å². The zero-order chi connectivity index (χ0) is 11.4. The first-order valence-corrected chi connectivity index (χ1v) is 5.25. The third kappa shape index (κ3) is 2.49. The summed E-state index contributed by atoms with van der Waals surface area (Å²) in [5, 5.41) is 0. The Balaban J connectivity index is 3.07. The van der Waals surface area contributed by atoms with Gasteiger partial charge in [-0.15, -0.1) is 0 Å². The molecular formula is C12H18N2O. The Morgan fingerprint density at radius 3 is 2.33 bits per heavy atom. The lowest BCUT2D eigenvalue weighted by Gasteiger charge is -2.23. The third-order valence-corrected chi connectivity index (χ3v) is 2.59. The smallest absolute Gasteiger partial charge is 0.248 e. The molecule has 0 radical (unpaired) electrons. The fourth-order valence-electron chi connectivity index (χ4n) is 1.73. The maximum atomic E-state index is 11.0. The van der Waals surface area contributed by atoms with Crippen molar-refractivity contribution in [3.05, 3.63) is 29.3 Å². The Bertz CT molecular complexity index is 357. The summed E-state index contributed by atoms with van der Waals surface area (Å²) in [6, 6.07) is 5.58. The molecule has 0 aliphatic rings. The first kappa shape index (κ1) is 11.6. The molecule has 0 fully saturated rings. The number of nitrogens with two attached hydrogens (primary N) is 1. The van der Waals surface area contributed by atoms with Crippen molar-refractivity contribution >= 4 is 11.6 Å². The number of amides is 1. The molecular weight excluding hydrogens is 188 g/mol. The molecule has 0 aliphatic carbocycles. The lowest BCUT2D eigenvalue weighted by atomic mass is 10.1. The van der Waals surface area contributed by atoms with Gasteiger partial charge in [-0.2, -0.15) is 0 Å². The summed E-state index contributed by atoms with van der Waals surface area (Å²) < 4.78 is 0. The summed E-state index contributed by atoms with van der Waals surface area (Å²) in [6.07, 6.45) is 0. The van der Waals surface area contributed by atoms with E-state index >= 15 is 0 Å². The number of carbonyl (C=O) groups is 1. The van der Waals surface area contributed by atoms with Crippen molar-refractivity contribution in [2.75, 3.05) is 18.0 Å². The SMILES string of the molecule is CCN(CC)c1ccc(C(N)=O)cc1C. The molecule has 3 heteroatoms. The first-order chi connectivity index (χ1) is 7.10. The number of nitrogens with zero attached hydrogens (tertiary/aromatic N) is 1. The molecule has 1 amide bonds. The highest BCUT2D eigenvalue weighted by atomic mass is 16.1. The van der Waals surface area contributed by atoms with Gasteiger partial charge in [-0.05, 0) is 44.5 Å². The number of hydrogen-bond acceptors (Lipinski definition) is 2. The van der Waals surface area contributed by atoms with Crippen LogP contribution in [0.4, 0.5) is 5.69 Å². The quantitative estimate of drug-likeness (QED) is 0.818.